The van der Waals surface area contributed by atoms with E-state index in [1.165, 1.54) is 0 Å². The fourth-order valence-corrected chi connectivity index (χ4v) is 3.14. The number of pyridine rings is 1. The van der Waals surface area contributed by atoms with E-state index in [0.29, 0.717) is 24.6 Å². The number of amides is 1. The number of unbranched alkanes of at least 4 members (excludes halogenated alkanes) is 1. The number of aliphatic hydroxyl groups excluding tert-OH is 1. The van der Waals surface area contributed by atoms with Gasteiger partial charge in [-0.1, -0.05) is 13.3 Å². The van der Waals surface area contributed by atoms with Crippen molar-refractivity contribution in [3.63, 3.8) is 0 Å². The minimum Gasteiger partial charge on any atom is -0.395 e. The molecule has 1 aliphatic rings. The molecule has 2 heterocycles. The van der Waals surface area contributed by atoms with Crippen LogP contribution in [0, 0.1) is 0 Å². The zero-order valence-corrected chi connectivity index (χ0v) is 15.4. The molecule has 0 saturated heterocycles. The average molecular weight is 344 g/mol. The second-order valence-electron chi connectivity index (χ2n) is 7.16. The maximum atomic E-state index is 13.2. The van der Waals surface area contributed by atoms with Gasteiger partial charge in [0.25, 0.3) is 5.91 Å². The van der Waals surface area contributed by atoms with Crippen molar-refractivity contribution in [1.82, 2.24) is 19.7 Å². The number of hydrogen-bond acceptors (Lipinski definition) is 4. The summed E-state index contributed by atoms with van der Waals surface area (Å²) in [4.78, 5) is 19.7. The zero-order valence-electron chi connectivity index (χ0n) is 15.4. The Bertz CT molecular complexity index is 749. The van der Waals surface area contributed by atoms with Crippen LogP contribution >= 0.6 is 0 Å². The summed E-state index contributed by atoms with van der Waals surface area (Å²) < 4.78 is 1.89. The lowest BCUT2D eigenvalue weighted by molar-refractivity contribution is 0.0721. The van der Waals surface area contributed by atoms with Crippen molar-refractivity contribution < 1.29 is 9.90 Å². The van der Waals surface area contributed by atoms with E-state index in [1.807, 2.05) is 10.7 Å². The van der Waals surface area contributed by atoms with Crippen molar-refractivity contribution in [2.75, 3.05) is 19.7 Å². The maximum absolute atomic E-state index is 13.2. The average Bonchev–Trinajstić information content (AvgIpc) is 3.36. The summed E-state index contributed by atoms with van der Waals surface area (Å²) in [6, 6.07) is 2.14. The minimum absolute atomic E-state index is 0.0234. The van der Waals surface area contributed by atoms with Crippen molar-refractivity contribution in [2.45, 2.75) is 58.4 Å². The Morgan fingerprint density at radius 1 is 1.40 bits per heavy atom. The molecule has 0 spiro atoms. The van der Waals surface area contributed by atoms with E-state index < -0.39 is 0 Å². The van der Waals surface area contributed by atoms with Crippen LogP contribution in [0.15, 0.2) is 12.3 Å². The standard InChI is InChI=1S/C19H28N4O2/c1-4-5-8-22(9-10-24)19(25)15-11-17(14-6-7-14)21-18-16(15)12-20-23(18)13(2)3/h11-14,24H,4-10H2,1-3H3. The van der Waals surface area contributed by atoms with E-state index in [-0.39, 0.29) is 18.6 Å². The van der Waals surface area contributed by atoms with Crippen LogP contribution in [0.5, 0.6) is 0 Å². The van der Waals surface area contributed by atoms with Gasteiger partial charge in [-0.2, -0.15) is 5.10 Å². The molecule has 136 valence electrons. The van der Waals surface area contributed by atoms with Crippen molar-refractivity contribution >= 4 is 16.9 Å². The highest BCUT2D eigenvalue weighted by molar-refractivity contribution is 6.05. The molecule has 0 unspecified atom stereocenters. The molecule has 1 N–H and O–H groups in total. The number of nitrogens with zero attached hydrogens (tertiary/aromatic N) is 4. The van der Waals surface area contributed by atoms with Crippen LogP contribution < -0.4 is 0 Å². The Morgan fingerprint density at radius 3 is 2.76 bits per heavy atom. The molecular weight excluding hydrogens is 316 g/mol. The predicted octanol–water partition coefficient (Wildman–Crippen LogP) is 3.12. The molecule has 3 rings (SSSR count). The number of aliphatic hydroxyl groups is 1. The number of carbonyl (C=O) groups is 1. The molecule has 0 radical (unpaired) electrons. The molecule has 1 amide bonds. The summed E-state index contributed by atoms with van der Waals surface area (Å²) in [5.41, 5.74) is 2.46. The van der Waals surface area contributed by atoms with Crippen LogP contribution in [0.2, 0.25) is 0 Å². The Kier molecular flexibility index (Phi) is 5.37. The van der Waals surface area contributed by atoms with Gasteiger partial charge in [0.05, 0.1) is 23.8 Å². The first kappa shape index (κ1) is 17.9. The van der Waals surface area contributed by atoms with Gasteiger partial charge >= 0.3 is 0 Å². The Labute approximate surface area is 148 Å². The highest BCUT2D eigenvalue weighted by Crippen LogP contribution is 2.40. The molecule has 1 saturated carbocycles. The minimum atomic E-state index is -0.0277. The van der Waals surface area contributed by atoms with Gasteiger partial charge in [-0.15, -0.1) is 0 Å². The van der Waals surface area contributed by atoms with Gasteiger partial charge in [0, 0.05) is 30.7 Å². The second kappa shape index (κ2) is 7.52. The third-order valence-electron chi connectivity index (χ3n) is 4.74. The van der Waals surface area contributed by atoms with Crippen LogP contribution in [0.4, 0.5) is 0 Å². The van der Waals surface area contributed by atoms with Crippen molar-refractivity contribution in [2.24, 2.45) is 0 Å². The van der Waals surface area contributed by atoms with Gasteiger partial charge < -0.3 is 10.0 Å². The summed E-state index contributed by atoms with van der Waals surface area (Å²) in [7, 11) is 0. The number of carbonyl (C=O) groups excluding carboxylic acids is 1. The lowest BCUT2D eigenvalue weighted by Crippen LogP contribution is -2.34. The quantitative estimate of drug-likeness (QED) is 0.799. The molecule has 2 aromatic rings. The van der Waals surface area contributed by atoms with Gasteiger partial charge in [-0.25, -0.2) is 9.67 Å². The monoisotopic (exact) mass is 344 g/mol. The number of aromatic nitrogens is 3. The van der Waals surface area contributed by atoms with E-state index >= 15 is 0 Å². The summed E-state index contributed by atoms with van der Waals surface area (Å²) in [6.45, 7) is 7.24. The summed E-state index contributed by atoms with van der Waals surface area (Å²) in [5.74, 6) is 0.438. The van der Waals surface area contributed by atoms with Crippen molar-refractivity contribution in [3.8, 4) is 0 Å². The van der Waals surface area contributed by atoms with E-state index in [9.17, 15) is 9.90 Å². The summed E-state index contributed by atoms with van der Waals surface area (Å²) in [5, 5.41) is 14.6. The molecular formula is C19H28N4O2. The molecule has 6 nitrogen and oxygen atoms in total. The third-order valence-corrected chi connectivity index (χ3v) is 4.74. The van der Waals surface area contributed by atoms with Crippen LogP contribution in [0.3, 0.4) is 0 Å². The normalized spacial score (nSPS) is 14.4. The molecule has 0 atom stereocenters. The number of rotatable bonds is 8. The molecule has 1 aliphatic carbocycles. The fraction of sp³-hybridized carbons (Fsp3) is 0.632. The Balaban J connectivity index is 2.05. The topological polar surface area (TPSA) is 71.2 Å². The molecule has 6 heteroatoms. The Morgan fingerprint density at radius 2 is 2.16 bits per heavy atom. The smallest absolute Gasteiger partial charge is 0.254 e. The van der Waals surface area contributed by atoms with E-state index in [0.717, 1.165) is 42.4 Å². The SMILES string of the molecule is CCCCN(CCO)C(=O)c1cc(C2CC2)nc2c1cnn2C(C)C. The summed E-state index contributed by atoms with van der Waals surface area (Å²) >= 11 is 0. The van der Waals surface area contributed by atoms with Crippen LogP contribution in [0.25, 0.3) is 11.0 Å². The largest absolute Gasteiger partial charge is 0.395 e. The van der Waals surface area contributed by atoms with Gasteiger partial charge in [0.15, 0.2) is 5.65 Å². The van der Waals surface area contributed by atoms with Crippen LogP contribution in [-0.2, 0) is 0 Å². The van der Waals surface area contributed by atoms with Crippen LogP contribution in [-0.4, -0.2) is 50.4 Å². The first-order chi connectivity index (χ1) is 12.1. The van der Waals surface area contributed by atoms with Gasteiger partial charge in [0.1, 0.15) is 0 Å². The molecule has 1 fully saturated rings. The lowest BCUT2D eigenvalue weighted by Gasteiger charge is -2.22. The first-order valence-corrected chi connectivity index (χ1v) is 9.35. The van der Waals surface area contributed by atoms with Gasteiger partial charge in [-0.05, 0) is 39.2 Å². The summed E-state index contributed by atoms with van der Waals surface area (Å²) in [6.07, 6.45) is 5.97. The van der Waals surface area contributed by atoms with E-state index in [4.69, 9.17) is 4.98 Å². The molecule has 0 aliphatic heterocycles. The number of fused-ring (bicyclic) bond motifs is 1. The third kappa shape index (κ3) is 3.68. The van der Waals surface area contributed by atoms with Crippen LogP contribution in [0.1, 0.15) is 74.5 Å². The van der Waals surface area contributed by atoms with E-state index in [1.54, 1.807) is 11.1 Å². The molecule has 25 heavy (non-hydrogen) atoms. The second-order valence-corrected chi connectivity index (χ2v) is 7.16. The lowest BCUT2D eigenvalue weighted by atomic mass is 10.1. The van der Waals surface area contributed by atoms with Crippen molar-refractivity contribution in [1.29, 1.82) is 0 Å². The predicted molar refractivity (Wildman–Crippen MR) is 97.8 cm³/mol. The first-order valence-electron chi connectivity index (χ1n) is 9.35. The molecule has 0 bridgehead atoms. The van der Waals surface area contributed by atoms with E-state index in [2.05, 4.69) is 25.9 Å². The maximum Gasteiger partial charge on any atom is 0.254 e. The highest BCUT2D eigenvalue weighted by atomic mass is 16.3. The molecule has 0 aromatic carbocycles. The fourth-order valence-electron chi connectivity index (χ4n) is 3.14. The van der Waals surface area contributed by atoms with Crippen molar-refractivity contribution in [3.05, 3.63) is 23.5 Å². The zero-order chi connectivity index (χ0) is 18.0. The molecule has 2 aromatic heterocycles. The van der Waals surface area contributed by atoms with Gasteiger partial charge in [-0.3, -0.25) is 4.79 Å². The van der Waals surface area contributed by atoms with Gasteiger partial charge in [0.2, 0.25) is 0 Å². The Hall–Kier alpha value is -1.95. The highest BCUT2D eigenvalue weighted by Gasteiger charge is 2.29. The number of hydrogen-bond donors (Lipinski definition) is 1.